The molecule has 1 atom stereocenters. The van der Waals surface area contributed by atoms with Crippen LogP contribution in [0.4, 0.5) is 0 Å². The van der Waals surface area contributed by atoms with Gasteiger partial charge in [-0.2, -0.15) is 0 Å². The van der Waals surface area contributed by atoms with Crippen LogP contribution in [0.1, 0.15) is 19.8 Å². The number of ether oxygens (including phenoxy) is 2. The first-order valence-corrected chi connectivity index (χ1v) is 7.20. The van der Waals surface area contributed by atoms with E-state index >= 15 is 0 Å². The number of hydrogen-bond donors (Lipinski definition) is 0. The molecule has 0 aromatic heterocycles. The molecule has 0 radical (unpaired) electrons. The van der Waals surface area contributed by atoms with Gasteiger partial charge >= 0.3 is 5.97 Å². The van der Waals surface area contributed by atoms with E-state index in [0.717, 1.165) is 0 Å². The van der Waals surface area contributed by atoms with Crippen molar-refractivity contribution in [1.29, 1.82) is 0 Å². The first-order valence-electron chi connectivity index (χ1n) is 7.20. The zero-order valence-corrected chi connectivity index (χ0v) is 12.5. The van der Waals surface area contributed by atoms with Gasteiger partial charge in [0.05, 0.1) is 13.0 Å². The number of nitrogens with zero attached hydrogens (tertiary/aromatic N) is 1. The van der Waals surface area contributed by atoms with Crippen molar-refractivity contribution in [3.05, 3.63) is 30.3 Å². The Bertz CT molecular complexity index is 480. The molecular formula is C16H21NO4. The van der Waals surface area contributed by atoms with E-state index in [2.05, 4.69) is 0 Å². The van der Waals surface area contributed by atoms with Gasteiger partial charge in [0.15, 0.2) is 6.10 Å². The maximum absolute atomic E-state index is 12.3. The van der Waals surface area contributed by atoms with Gasteiger partial charge in [0.1, 0.15) is 5.75 Å². The summed E-state index contributed by atoms with van der Waals surface area (Å²) in [6.07, 6.45) is 0.773. The third-order valence-electron chi connectivity index (χ3n) is 3.74. The second kappa shape index (κ2) is 7.11. The monoisotopic (exact) mass is 291 g/mol. The number of methoxy groups -OCH3 is 1. The Morgan fingerprint density at radius 1 is 1.19 bits per heavy atom. The predicted molar refractivity (Wildman–Crippen MR) is 77.9 cm³/mol. The fourth-order valence-corrected chi connectivity index (χ4v) is 2.51. The molecule has 1 heterocycles. The Balaban J connectivity index is 1.85. The van der Waals surface area contributed by atoms with Crippen molar-refractivity contribution in [3.63, 3.8) is 0 Å². The summed E-state index contributed by atoms with van der Waals surface area (Å²) < 4.78 is 10.4. The van der Waals surface area contributed by atoms with Crippen molar-refractivity contribution in [1.82, 2.24) is 4.90 Å². The predicted octanol–water partition coefficient (Wildman–Crippen LogP) is 1.87. The SMILES string of the molecule is COC(=O)C1CCN(C(=O)C(C)Oc2ccccc2)CC1. The number of carbonyl (C=O) groups excluding carboxylic acids is 2. The normalized spacial score (nSPS) is 17.1. The molecule has 1 aliphatic heterocycles. The summed E-state index contributed by atoms with van der Waals surface area (Å²) in [5, 5.41) is 0. The summed E-state index contributed by atoms with van der Waals surface area (Å²) in [5.41, 5.74) is 0. The van der Waals surface area contributed by atoms with E-state index in [1.165, 1.54) is 7.11 Å². The van der Waals surface area contributed by atoms with Crippen molar-refractivity contribution in [2.45, 2.75) is 25.9 Å². The summed E-state index contributed by atoms with van der Waals surface area (Å²) in [6.45, 7) is 2.89. The number of amides is 1. The summed E-state index contributed by atoms with van der Waals surface area (Å²) in [6, 6.07) is 9.29. The topological polar surface area (TPSA) is 55.8 Å². The first kappa shape index (κ1) is 15.4. The lowest BCUT2D eigenvalue weighted by Gasteiger charge is -2.32. The fourth-order valence-electron chi connectivity index (χ4n) is 2.51. The van der Waals surface area contributed by atoms with Crippen LogP contribution in [0.25, 0.3) is 0 Å². The van der Waals surface area contributed by atoms with Crippen molar-refractivity contribution < 1.29 is 19.1 Å². The number of likely N-dealkylation sites (tertiary alicyclic amines) is 1. The number of rotatable bonds is 4. The highest BCUT2D eigenvalue weighted by atomic mass is 16.5. The average Bonchev–Trinajstić information content (AvgIpc) is 2.54. The lowest BCUT2D eigenvalue weighted by atomic mass is 9.97. The summed E-state index contributed by atoms with van der Waals surface area (Å²) in [4.78, 5) is 25.6. The Kier molecular flexibility index (Phi) is 5.20. The molecule has 0 saturated carbocycles. The highest BCUT2D eigenvalue weighted by Crippen LogP contribution is 2.20. The van der Waals surface area contributed by atoms with Gasteiger partial charge in [0, 0.05) is 13.1 Å². The maximum atomic E-state index is 12.3. The molecule has 0 N–H and O–H groups in total. The van der Waals surface area contributed by atoms with E-state index in [9.17, 15) is 9.59 Å². The fraction of sp³-hybridized carbons (Fsp3) is 0.500. The van der Waals surface area contributed by atoms with Crippen molar-refractivity contribution in [2.24, 2.45) is 5.92 Å². The average molecular weight is 291 g/mol. The van der Waals surface area contributed by atoms with Gasteiger partial charge in [-0.25, -0.2) is 0 Å². The molecule has 5 nitrogen and oxygen atoms in total. The molecule has 1 saturated heterocycles. The molecule has 2 rings (SSSR count). The third-order valence-corrected chi connectivity index (χ3v) is 3.74. The number of piperidine rings is 1. The Labute approximate surface area is 124 Å². The Morgan fingerprint density at radius 2 is 1.81 bits per heavy atom. The van der Waals surface area contributed by atoms with Crippen LogP contribution in [0.3, 0.4) is 0 Å². The van der Waals surface area contributed by atoms with Gasteiger partial charge in [0.2, 0.25) is 0 Å². The Morgan fingerprint density at radius 3 is 2.38 bits per heavy atom. The highest BCUT2D eigenvalue weighted by Gasteiger charge is 2.30. The Hall–Kier alpha value is -2.04. The molecule has 0 aliphatic carbocycles. The smallest absolute Gasteiger partial charge is 0.308 e. The summed E-state index contributed by atoms with van der Waals surface area (Å²) >= 11 is 0. The van der Waals surface area contributed by atoms with E-state index in [1.807, 2.05) is 30.3 Å². The van der Waals surface area contributed by atoms with Gasteiger partial charge in [-0.05, 0) is 31.9 Å². The van der Waals surface area contributed by atoms with Gasteiger partial charge in [-0.1, -0.05) is 18.2 Å². The number of carbonyl (C=O) groups is 2. The minimum atomic E-state index is -0.526. The van der Waals surface area contributed by atoms with Crippen molar-refractivity contribution in [3.8, 4) is 5.75 Å². The molecule has 1 aromatic rings. The third kappa shape index (κ3) is 3.97. The molecule has 0 bridgehead atoms. The van der Waals surface area contributed by atoms with E-state index < -0.39 is 6.10 Å². The minimum absolute atomic E-state index is 0.0397. The standard InChI is InChI=1S/C16H21NO4/c1-12(21-14-6-4-3-5-7-14)15(18)17-10-8-13(9-11-17)16(19)20-2/h3-7,12-13H,8-11H2,1-2H3. The largest absolute Gasteiger partial charge is 0.481 e. The molecule has 1 fully saturated rings. The second-order valence-electron chi connectivity index (χ2n) is 5.20. The van der Waals surface area contributed by atoms with Crippen LogP contribution >= 0.6 is 0 Å². The zero-order chi connectivity index (χ0) is 15.2. The number of para-hydroxylation sites is 1. The van der Waals surface area contributed by atoms with Gasteiger partial charge in [-0.3, -0.25) is 9.59 Å². The molecular weight excluding hydrogens is 270 g/mol. The quantitative estimate of drug-likeness (QED) is 0.795. The number of hydrogen-bond acceptors (Lipinski definition) is 4. The van der Waals surface area contributed by atoms with Crippen LogP contribution in [0, 0.1) is 5.92 Å². The lowest BCUT2D eigenvalue weighted by molar-refractivity contribution is -0.150. The van der Waals surface area contributed by atoms with E-state index in [0.29, 0.717) is 31.7 Å². The number of benzene rings is 1. The molecule has 1 aliphatic rings. The van der Waals surface area contributed by atoms with Crippen molar-refractivity contribution >= 4 is 11.9 Å². The number of esters is 1. The molecule has 1 unspecified atom stereocenters. The summed E-state index contributed by atoms with van der Waals surface area (Å²) in [7, 11) is 1.40. The summed E-state index contributed by atoms with van der Waals surface area (Å²) in [5.74, 6) is 0.366. The molecule has 0 spiro atoms. The van der Waals surface area contributed by atoms with Crippen LogP contribution < -0.4 is 4.74 Å². The highest BCUT2D eigenvalue weighted by molar-refractivity contribution is 5.81. The van der Waals surface area contributed by atoms with Crippen LogP contribution in [0.15, 0.2) is 30.3 Å². The van der Waals surface area contributed by atoms with Crippen LogP contribution in [-0.2, 0) is 14.3 Å². The molecule has 114 valence electrons. The minimum Gasteiger partial charge on any atom is -0.481 e. The van der Waals surface area contributed by atoms with Gasteiger partial charge in [-0.15, -0.1) is 0 Å². The molecule has 1 amide bonds. The maximum Gasteiger partial charge on any atom is 0.308 e. The van der Waals surface area contributed by atoms with Crippen molar-refractivity contribution in [2.75, 3.05) is 20.2 Å². The second-order valence-corrected chi connectivity index (χ2v) is 5.20. The zero-order valence-electron chi connectivity index (χ0n) is 12.5. The van der Waals surface area contributed by atoms with Gasteiger partial charge < -0.3 is 14.4 Å². The van der Waals surface area contributed by atoms with Crippen LogP contribution in [-0.4, -0.2) is 43.1 Å². The molecule has 1 aromatic carbocycles. The first-order chi connectivity index (χ1) is 10.1. The molecule has 21 heavy (non-hydrogen) atoms. The lowest BCUT2D eigenvalue weighted by Crippen LogP contribution is -2.45. The van der Waals surface area contributed by atoms with E-state index in [1.54, 1.807) is 11.8 Å². The van der Waals surface area contributed by atoms with E-state index in [4.69, 9.17) is 9.47 Å². The van der Waals surface area contributed by atoms with E-state index in [-0.39, 0.29) is 17.8 Å². The van der Waals surface area contributed by atoms with Gasteiger partial charge in [0.25, 0.3) is 5.91 Å². The van der Waals surface area contributed by atoms with Crippen LogP contribution in [0.2, 0.25) is 0 Å². The van der Waals surface area contributed by atoms with Crippen LogP contribution in [0.5, 0.6) is 5.75 Å². The molecule has 5 heteroatoms.